The first kappa shape index (κ1) is 22.9. The highest BCUT2D eigenvalue weighted by Crippen LogP contribution is 2.39. The molecule has 0 bridgehead atoms. The molecule has 180 valence electrons. The van der Waals surface area contributed by atoms with Gasteiger partial charge in [-0.15, -0.1) is 0 Å². The second-order valence-electron chi connectivity index (χ2n) is 8.74. The molecule has 1 saturated heterocycles. The molecule has 0 spiro atoms. The number of halogens is 3. The van der Waals surface area contributed by atoms with E-state index in [2.05, 4.69) is 14.9 Å². The van der Waals surface area contributed by atoms with Crippen LogP contribution in [-0.2, 0) is 23.9 Å². The lowest BCUT2D eigenvalue weighted by Gasteiger charge is -2.27. The fraction of sp³-hybridized carbons (Fsp3) is 0.269. The monoisotopic (exact) mass is 480 g/mol. The molecule has 5 rings (SSSR count). The van der Waals surface area contributed by atoms with Crippen molar-refractivity contribution in [3.63, 3.8) is 0 Å². The van der Waals surface area contributed by atoms with Crippen molar-refractivity contribution >= 4 is 22.8 Å². The van der Waals surface area contributed by atoms with Crippen LogP contribution >= 0.6 is 0 Å². The minimum atomic E-state index is -4.35. The number of hydrogen-bond acceptors (Lipinski definition) is 4. The Balaban J connectivity index is 1.41. The molecule has 2 aromatic heterocycles. The molecule has 2 aromatic carbocycles. The SMILES string of the molecule is O=C(O)Cc1ccc(Cn2ccc3c(N4CCCC4c4ccc(C(F)(F)F)cc4)ncnc32)cc1. The van der Waals surface area contributed by atoms with Crippen LogP contribution in [0.4, 0.5) is 19.0 Å². The van der Waals surface area contributed by atoms with Gasteiger partial charge in [-0.25, -0.2) is 9.97 Å². The number of aliphatic carboxylic acids is 1. The molecule has 1 atom stereocenters. The molecule has 35 heavy (non-hydrogen) atoms. The molecule has 1 aliphatic heterocycles. The number of anilines is 1. The van der Waals surface area contributed by atoms with Crippen LogP contribution in [0.25, 0.3) is 11.0 Å². The summed E-state index contributed by atoms with van der Waals surface area (Å²) in [7, 11) is 0. The molecule has 4 aromatic rings. The predicted octanol–water partition coefficient (Wildman–Crippen LogP) is 5.47. The van der Waals surface area contributed by atoms with Gasteiger partial charge in [-0.05, 0) is 47.7 Å². The summed E-state index contributed by atoms with van der Waals surface area (Å²) < 4.78 is 41.0. The summed E-state index contributed by atoms with van der Waals surface area (Å²) >= 11 is 0. The number of nitrogens with zero attached hydrogens (tertiary/aromatic N) is 4. The highest BCUT2D eigenvalue weighted by Gasteiger charge is 2.32. The van der Waals surface area contributed by atoms with E-state index >= 15 is 0 Å². The highest BCUT2D eigenvalue weighted by molar-refractivity contribution is 5.88. The van der Waals surface area contributed by atoms with E-state index in [0.717, 1.165) is 65.1 Å². The Morgan fingerprint density at radius 1 is 1.00 bits per heavy atom. The third-order valence-corrected chi connectivity index (χ3v) is 6.41. The summed E-state index contributed by atoms with van der Waals surface area (Å²) in [4.78, 5) is 22.1. The maximum atomic E-state index is 13.0. The van der Waals surface area contributed by atoms with Gasteiger partial charge in [-0.1, -0.05) is 36.4 Å². The fourth-order valence-electron chi connectivity index (χ4n) is 4.74. The Kier molecular flexibility index (Phi) is 5.92. The average molecular weight is 480 g/mol. The molecular weight excluding hydrogens is 457 g/mol. The van der Waals surface area contributed by atoms with Gasteiger partial charge in [0.25, 0.3) is 0 Å². The lowest BCUT2D eigenvalue weighted by molar-refractivity contribution is -0.138. The second kappa shape index (κ2) is 9.05. The van der Waals surface area contributed by atoms with Crippen molar-refractivity contribution in [2.24, 2.45) is 0 Å². The van der Waals surface area contributed by atoms with Crippen molar-refractivity contribution in [2.45, 2.75) is 38.0 Å². The number of carboxylic acids is 1. The van der Waals surface area contributed by atoms with Crippen molar-refractivity contribution < 1.29 is 23.1 Å². The smallest absolute Gasteiger partial charge is 0.416 e. The largest absolute Gasteiger partial charge is 0.481 e. The lowest BCUT2D eigenvalue weighted by Crippen LogP contribution is -2.24. The van der Waals surface area contributed by atoms with Gasteiger partial charge in [0.2, 0.25) is 0 Å². The lowest BCUT2D eigenvalue weighted by atomic mass is 10.0. The molecule has 3 heterocycles. The molecule has 1 N–H and O–H groups in total. The molecule has 1 fully saturated rings. The molecule has 9 heteroatoms. The van der Waals surface area contributed by atoms with E-state index in [1.54, 1.807) is 12.1 Å². The number of fused-ring (bicyclic) bond motifs is 1. The highest BCUT2D eigenvalue weighted by atomic mass is 19.4. The maximum Gasteiger partial charge on any atom is 0.416 e. The first-order valence-corrected chi connectivity index (χ1v) is 11.3. The van der Waals surface area contributed by atoms with E-state index in [1.165, 1.54) is 6.33 Å². The van der Waals surface area contributed by atoms with Crippen LogP contribution < -0.4 is 4.90 Å². The normalized spacial score (nSPS) is 16.2. The van der Waals surface area contributed by atoms with Crippen molar-refractivity contribution in [2.75, 3.05) is 11.4 Å². The number of benzene rings is 2. The van der Waals surface area contributed by atoms with Gasteiger partial charge in [-0.2, -0.15) is 13.2 Å². The zero-order valence-corrected chi connectivity index (χ0v) is 18.7. The zero-order chi connectivity index (χ0) is 24.6. The molecule has 6 nitrogen and oxygen atoms in total. The van der Waals surface area contributed by atoms with E-state index in [4.69, 9.17) is 5.11 Å². The van der Waals surface area contributed by atoms with Gasteiger partial charge in [0.15, 0.2) is 0 Å². The Bertz CT molecular complexity index is 1350. The van der Waals surface area contributed by atoms with Crippen LogP contribution in [0.15, 0.2) is 67.1 Å². The molecule has 0 amide bonds. The summed E-state index contributed by atoms with van der Waals surface area (Å²) in [5, 5.41) is 9.83. The number of carboxylic acid groups (broad SMARTS) is 1. The number of alkyl halides is 3. The molecule has 0 saturated carbocycles. The van der Waals surface area contributed by atoms with E-state index < -0.39 is 17.7 Å². The molecule has 1 aliphatic rings. The summed E-state index contributed by atoms with van der Waals surface area (Å²) in [5.41, 5.74) is 2.71. The van der Waals surface area contributed by atoms with Gasteiger partial charge < -0.3 is 14.6 Å². The Hall–Kier alpha value is -3.88. The summed E-state index contributed by atoms with van der Waals surface area (Å²) in [5.74, 6) is -0.0946. The first-order valence-electron chi connectivity index (χ1n) is 11.3. The zero-order valence-electron chi connectivity index (χ0n) is 18.7. The topological polar surface area (TPSA) is 71.2 Å². The number of rotatable bonds is 6. The van der Waals surface area contributed by atoms with Crippen LogP contribution in [0.1, 0.15) is 41.1 Å². The third-order valence-electron chi connectivity index (χ3n) is 6.41. The van der Waals surface area contributed by atoms with Gasteiger partial charge in [0.05, 0.1) is 23.4 Å². The summed E-state index contributed by atoms with van der Waals surface area (Å²) in [6.45, 7) is 1.32. The van der Waals surface area contributed by atoms with Crippen molar-refractivity contribution in [1.82, 2.24) is 14.5 Å². The van der Waals surface area contributed by atoms with E-state index in [1.807, 2.05) is 41.1 Å². The summed E-state index contributed by atoms with van der Waals surface area (Å²) in [6.07, 6.45) is 0.843. The minimum absolute atomic E-state index is 0.0146. The number of aromatic nitrogens is 3. The predicted molar refractivity (Wildman–Crippen MR) is 125 cm³/mol. The van der Waals surface area contributed by atoms with E-state index in [-0.39, 0.29) is 12.5 Å². The van der Waals surface area contributed by atoms with Crippen molar-refractivity contribution in [1.29, 1.82) is 0 Å². The van der Waals surface area contributed by atoms with Crippen LogP contribution in [0.5, 0.6) is 0 Å². The minimum Gasteiger partial charge on any atom is -0.481 e. The van der Waals surface area contributed by atoms with Crippen molar-refractivity contribution in [3.05, 3.63) is 89.4 Å². The first-order chi connectivity index (χ1) is 16.8. The Morgan fingerprint density at radius 3 is 2.40 bits per heavy atom. The van der Waals surface area contributed by atoms with E-state index in [9.17, 15) is 18.0 Å². The molecule has 0 radical (unpaired) electrons. The molecule has 1 unspecified atom stereocenters. The average Bonchev–Trinajstić information content (AvgIpc) is 3.47. The quantitative estimate of drug-likeness (QED) is 0.397. The third kappa shape index (κ3) is 4.71. The van der Waals surface area contributed by atoms with E-state index in [0.29, 0.717) is 6.54 Å². The van der Waals surface area contributed by atoms with Crippen LogP contribution in [0.2, 0.25) is 0 Å². The van der Waals surface area contributed by atoms with Gasteiger partial charge in [0.1, 0.15) is 17.8 Å². The Morgan fingerprint density at radius 2 is 1.71 bits per heavy atom. The van der Waals surface area contributed by atoms with Gasteiger partial charge in [-0.3, -0.25) is 4.79 Å². The second-order valence-corrected chi connectivity index (χ2v) is 8.74. The fourth-order valence-corrected chi connectivity index (χ4v) is 4.74. The Labute approximate surface area is 199 Å². The van der Waals surface area contributed by atoms with Crippen LogP contribution in [0.3, 0.4) is 0 Å². The van der Waals surface area contributed by atoms with Crippen LogP contribution in [-0.4, -0.2) is 32.2 Å². The maximum absolute atomic E-state index is 13.0. The van der Waals surface area contributed by atoms with Crippen LogP contribution in [0, 0.1) is 0 Å². The van der Waals surface area contributed by atoms with Gasteiger partial charge in [0, 0.05) is 19.3 Å². The standard InChI is InChI=1S/C26H23F3N4O2/c27-26(28,29)20-9-7-19(8-10-20)22-2-1-12-33(22)25-21-11-13-32(24(21)30-16-31-25)15-18-5-3-17(4-6-18)14-23(34)35/h3-11,13,16,22H,1-2,12,14-15H2,(H,34,35). The van der Waals surface area contributed by atoms with Gasteiger partial charge >= 0.3 is 12.1 Å². The molecular formula is C26H23F3N4O2. The number of hydrogen-bond donors (Lipinski definition) is 1. The summed E-state index contributed by atoms with van der Waals surface area (Å²) in [6, 6.07) is 14.8. The van der Waals surface area contributed by atoms with Crippen molar-refractivity contribution in [3.8, 4) is 0 Å². The number of carbonyl (C=O) groups is 1. The molecule has 0 aliphatic carbocycles.